The second kappa shape index (κ2) is 6.33. The predicted molar refractivity (Wildman–Crippen MR) is 67.7 cm³/mol. The molecule has 0 aromatic rings. The van der Waals surface area contributed by atoms with Crippen LogP contribution in [-0.2, 0) is 9.59 Å². The van der Waals surface area contributed by atoms with Crippen LogP contribution in [0.4, 0.5) is 0 Å². The minimum Gasteiger partial charge on any atom is -0.481 e. The van der Waals surface area contributed by atoms with Crippen molar-refractivity contribution in [1.82, 2.24) is 0 Å². The predicted octanol–water partition coefficient (Wildman–Crippen LogP) is 2.47. The molecule has 0 spiro atoms. The van der Waals surface area contributed by atoms with Crippen LogP contribution in [0.5, 0.6) is 0 Å². The second-order valence-electron chi connectivity index (χ2n) is 4.67. The van der Waals surface area contributed by atoms with Gasteiger partial charge in [-0.2, -0.15) is 0 Å². The van der Waals surface area contributed by atoms with Gasteiger partial charge in [-0.3, -0.25) is 14.6 Å². The third-order valence-corrected chi connectivity index (χ3v) is 3.29. The van der Waals surface area contributed by atoms with E-state index in [4.69, 9.17) is 10.2 Å². The van der Waals surface area contributed by atoms with E-state index in [2.05, 4.69) is 4.99 Å². The van der Waals surface area contributed by atoms with Crippen molar-refractivity contribution in [3.8, 4) is 0 Å². The number of nitrogens with zero attached hydrogens (tertiary/aromatic N) is 1. The van der Waals surface area contributed by atoms with Gasteiger partial charge in [-0.05, 0) is 38.7 Å². The van der Waals surface area contributed by atoms with Crippen molar-refractivity contribution < 1.29 is 19.8 Å². The molecule has 0 saturated heterocycles. The lowest BCUT2D eigenvalue weighted by atomic mass is 9.86. The molecule has 18 heavy (non-hydrogen) atoms. The van der Waals surface area contributed by atoms with Gasteiger partial charge in [-0.25, -0.2) is 0 Å². The Morgan fingerprint density at radius 1 is 1.22 bits per heavy atom. The normalized spacial score (nSPS) is 19.7. The fraction of sp³-hybridized carbons (Fsp3) is 0.615. The Hall–Kier alpha value is -1.65. The summed E-state index contributed by atoms with van der Waals surface area (Å²) in [7, 11) is 0. The molecule has 0 aliphatic carbocycles. The third-order valence-electron chi connectivity index (χ3n) is 3.29. The summed E-state index contributed by atoms with van der Waals surface area (Å²) < 4.78 is 0. The van der Waals surface area contributed by atoms with E-state index in [0.29, 0.717) is 12.8 Å². The molecular weight excluding hydrogens is 234 g/mol. The van der Waals surface area contributed by atoms with E-state index in [1.165, 1.54) is 0 Å². The molecule has 0 fully saturated rings. The summed E-state index contributed by atoms with van der Waals surface area (Å²) in [6, 6.07) is 0. The van der Waals surface area contributed by atoms with E-state index < -0.39 is 11.9 Å². The number of carboxylic acids is 2. The number of allylic oxidation sites excluding steroid dienone is 2. The molecule has 0 aromatic carbocycles. The van der Waals surface area contributed by atoms with Gasteiger partial charge < -0.3 is 10.2 Å². The maximum Gasteiger partial charge on any atom is 0.303 e. The van der Waals surface area contributed by atoms with Crippen LogP contribution in [0, 0.1) is 5.92 Å². The Bertz CT molecular complexity index is 409. The molecule has 1 atom stereocenters. The van der Waals surface area contributed by atoms with E-state index in [1.807, 2.05) is 13.8 Å². The van der Waals surface area contributed by atoms with Gasteiger partial charge in [0.2, 0.25) is 0 Å². The molecule has 0 saturated carbocycles. The number of carbonyl (C=O) groups is 2. The molecule has 1 heterocycles. The van der Waals surface area contributed by atoms with Gasteiger partial charge in [0, 0.05) is 30.2 Å². The van der Waals surface area contributed by atoms with Gasteiger partial charge >= 0.3 is 11.9 Å². The third kappa shape index (κ3) is 4.31. The minimum atomic E-state index is -0.816. The topological polar surface area (TPSA) is 87.0 Å². The Morgan fingerprint density at radius 3 is 2.39 bits per heavy atom. The lowest BCUT2D eigenvalue weighted by molar-refractivity contribution is -0.138. The SMILES string of the molecule is CC1=NC(C)=C(CCC(=O)O)CC1CCC(=O)O. The highest BCUT2D eigenvalue weighted by Crippen LogP contribution is 2.29. The summed E-state index contributed by atoms with van der Waals surface area (Å²) in [4.78, 5) is 25.6. The molecule has 0 amide bonds. The highest BCUT2D eigenvalue weighted by atomic mass is 16.4. The van der Waals surface area contributed by atoms with Crippen LogP contribution in [0.3, 0.4) is 0 Å². The Labute approximate surface area is 106 Å². The summed E-state index contributed by atoms with van der Waals surface area (Å²) >= 11 is 0. The van der Waals surface area contributed by atoms with Crippen molar-refractivity contribution in [3.63, 3.8) is 0 Å². The van der Waals surface area contributed by atoms with Gasteiger partial charge in [-0.15, -0.1) is 0 Å². The number of hydrogen-bond acceptors (Lipinski definition) is 3. The van der Waals surface area contributed by atoms with Crippen molar-refractivity contribution >= 4 is 17.7 Å². The van der Waals surface area contributed by atoms with Crippen LogP contribution in [0.25, 0.3) is 0 Å². The molecule has 0 aromatic heterocycles. The van der Waals surface area contributed by atoms with Crippen molar-refractivity contribution in [2.45, 2.75) is 46.0 Å². The Morgan fingerprint density at radius 2 is 1.83 bits per heavy atom. The molecule has 2 N–H and O–H groups in total. The number of aliphatic carboxylic acids is 2. The van der Waals surface area contributed by atoms with E-state index in [9.17, 15) is 9.59 Å². The average Bonchev–Trinajstić information content (AvgIpc) is 2.26. The van der Waals surface area contributed by atoms with Gasteiger partial charge in [0.25, 0.3) is 0 Å². The van der Waals surface area contributed by atoms with Crippen molar-refractivity contribution in [3.05, 3.63) is 11.3 Å². The fourth-order valence-corrected chi connectivity index (χ4v) is 2.18. The highest BCUT2D eigenvalue weighted by molar-refractivity contribution is 5.87. The van der Waals surface area contributed by atoms with Crippen molar-refractivity contribution in [1.29, 1.82) is 0 Å². The summed E-state index contributed by atoms with van der Waals surface area (Å²) in [5.74, 6) is -1.49. The molecule has 0 radical (unpaired) electrons. The first-order valence-electron chi connectivity index (χ1n) is 6.07. The Kier molecular flexibility index (Phi) is 5.07. The maximum atomic E-state index is 10.6. The first-order chi connectivity index (χ1) is 8.40. The maximum absolute atomic E-state index is 10.6. The lowest BCUT2D eigenvalue weighted by Crippen LogP contribution is -2.18. The van der Waals surface area contributed by atoms with Gasteiger partial charge in [-0.1, -0.05) is 0 Å². The summed E-state index contributed by atoms with van der Waals surface area (Å²) in [6.45, 7) is 3.79. The molecule has 1 aliphatic heterocycles. The van der Waals surface area contributed by atoms with E-state index in [1.54, 1.807) is 0 Å². The minimum absolute atomic E-state index is 0.104. The quantitative estimate of drug-likeness (QED) is 0.761. The van der Waals surface area contributed by atoms with Crippen LogP contribution in [-0.4, -0.2) is 27.9 Å². The van der Waals surface area contributed by atoms with Crippen LogP contribution in [0.1, 0.15) is 46.0 Å². The number of hydrogen-bond donors (Lipinski definition) is 2. The van der Waals surface area contributed by atoms with E-state index in [0.717, 1.165) is 23.4 Å². The van der Waals surface area contributed by atoms with Gasteiger partial charge in [0.15, 0.2) is 0 Å². The molecule has 5 nitrogen and oxygen atoms in total. The molecular formula is C13H19NO4. The van der Waals surface area contributed by atoms with Gasteiger partial charge in [0.1, 0.15) is 0 Å². The lowest BCUT2D eigenvalue weighted by Gasteiger charge is -2.23. The van der Waals surface area contributed by atoms with E-state index in [-0.39, 0.29) is 18.8 Å². The second-order valence-corrected chi connectivity index (χ2v) is 4.67. The summed E-state index contributed by atoms with van der Waals surface area (Å²) in [6.07, 6.45) is 2.04. The van der Waals surface area contributed by atoms with Gasteiger partial charge in [0.05, 0.1) is 0 Å². The summed E-state index contributed by atoms with van der Waals surface area (Å²) in [5.41, 5.74) is 2.88. The van der Waals surface area contributed by atoms with Crippen LogP contribution >= 0.6 is 0 Å². The molecule has 0 bridgehead atoms. The molecule has 5 heteroatoms. The first-order valence-corrected chi connectivity index (χ1v) is 6.07. The largest absolute Gasteiger partial charge is 0.481 e. The zero-order valence-electron chi connectivity index (χ0n) is 10.8. The fourth-order valence-electron chi connectivity index (χ4n) is 2.18. The Balaban J connectivity index is 2.65. The number of rotatable bonds is 6. The standard InChI is InChI=1S/C13H19NO4/c1-8-10(3-5-12(15)16)7-11(9(2)14-8)4-6-13(17)18/h10H,3-7H2,1-2H3,(H,15,16)(H,17,18). The van der Waals surface area contributed by atoms with Crippen molar-refractivity contribution in [2.75, 3.05) is 0 Å². The average molecular weight is 253 g/mol. The molecule has 1 rings (SSSR count). The first kappa shape index (κ1) is 14.4. The summed E-state index contributed by atoms with van der Waals surface area (Å²) in [5, 5.41) is 17.4. The zero-order valence-corrected chi connectivity index (χ0v) is 10.8. The number of carboxylic acid groups (broad SMARTS) is 2. The molecule has 1 aliphatic rings. The van der Waals surface area contributed by atoms with Crippen LogP contribution in [0.15, 0.2) is 16.3 Å². The zero-order chi connectivity index (χ0) is 13.7. The van der Waals surface area contributed by atoms with Crippen LogP contribution < -0.4 is 0 Å². The highest BCUT2D eigenvalue weighted by Gasteiger charge is 2.21. The molecule has 100 valence electrons. The number of aliphatic imine (C=N–C) groups is 1. The van der Waals surface area contributed by atoms with Crippen molar-refractivity contribution in [2.24, 2.45) is 10.9 Å². The smallest absolute Gasteiger partial charge is 0.303 e. The van der Waals surface area contributed by atoms with Crippen LogP contribution in [0.2, 0.25) is 0 Å². The molecule has 1 unspecified atom stereocenters. The monoisotopic (exact) mass is 253 g/mol. The van der Waals surface area contributed by atoms with E-state index >= 15 is 0 Å².